The summed E-state index contributed by atoms with van der Waals surface area (Å²) in [5, 5.41) is 3.32. The maximum Gasteiger partial charge on any atom is 0.256 e. The monoisotopic (exact) mass is 487 g/mol. The van der Waals surface area contributed by atoms with E-state index in [-0.39, 0.29) is 30.0 Å². The number of piperidine rings is 1. The molecule has 0 aromatic heterocycles. The maximum atomic E-state index is 13.9. The van der Waals surface area contributed by atoms with Crippen molar-refractivity contribution in [2.24, 2.45) is 0 Å². The first-order valence-electron chi connectivity index (χ1n) is 11.3. The molecule has 9 heteroatoms. The largest absolute Gasteiger partial charge is 0.353 e. The van der Waals surface area contributed by atoms with E-state index in [4.69, 9.17) is 16.3 Å². The van der Waals surface area contributed by atoms with Gasteiger partial charge in [0.1, 0.15) is 17.6 Å². The third-order valence-electron chi connectivity index (χ3n) is 6.19. The molecule has 1 atom stereocenters. The van der Waals surface area contributed by atoms with Crippen LogP contribution in [0.1, 0.15) is 47.4 Å². The van der Waals surface area contributed by atoms with Gasteiger partial charge in [-0.1, -0.05) is 23.7 Å². The molecule has 0 aliphatic carbocycles. The summed E-state index contributed by atoms with van der Waals surface area (Å²) in [6.45, 7) is 4.36. The zero-order valence-electron chi connectivity index (χ0n) is 19.1. The number of nitrogens with zero attached hydrogens (tertiary/aromatic N) is 2. The van der Waals surface area contributed by atoms with Gasteiger partial charge in [-0.25, -0.2) is 4.39 Å². The fraction of sp³-hybridized carbons (Fsp3) is 0.400. The molecule has 2 aromatic rings. The number of nitrogens with one attached hydrogen (secondary N) is 1. The SMILES string of the molecule is CC(C)NC(=O)[C@@H]1COC2(CCN(C(=O)c3cccc(Cl)c3)CC2)N1C(=O)c1cccc(F)c1. The molecule has 0 saturated carbocycles. The second-order valence-corrected chi connectivity index (χ2v) is 9.36. The molecule has 2 aliphatic rings. The molecule has 180 valence electrons. The lowest BCUT2D eigenvalue weighted by Crippen LogP contribution is -2.60. The quantitative estimate of drug-likeness (QED) is 0.716. The molecule has 1 N–H and O–H groups in total. The van der Waals surface area contributed by atoms with Gasteiger partial charge in [0, 0.05) is 48.1 Å². The van der Waals surface area contributed by atoms with E-state index in [9.17, 15) is 18.8 Å². The molecule has 2 aliphatic heterocycles. The second kappa shape index (κ2) is 9.72. The standard InChI is InChI=1S/C25H27ClFN3O4/c1-16(2)28-22(31)21-15-34-25(30(21)24(33)18-6-4-8-20(27)14-18)9-11-29(12-10-25)23(32)17-5-3-7-19(26)13-17/h3-8,13-14,16,21H,9-12,15H2,1-2H3,(H,28,31)/t21-/m0/s1. The predicted octanol–water partition coefficient (Wildman–Crippen LogP) is 3.48. The van der Waals surface area contributed by atoms with Crippen molar-refractivity contribution in [3.05, 3.63) is 70.5 Å². The van der Waals surface area contributed by atoms with E-state index in [0.29, 0.717) is 36.5 Å². The van der Waals surface area contributed by atoms with Crippen molar-refractivity contribution in [3.63, 3.8) is 0 Å². The first-order valence-corrected chi connectivity index (χ1v) is 11.7. The first kappa shape index (κ1) is 24.2. The first-order chi connectivity index (χ1) is 16.2. The Morgan fingerprint density at radius 3 is 2.32 bits per heavy atom. The highest BCUT2D eigenvalue weighted by Crippen LogP contribution is 2.39. The minimum atomic E-state index is -1.06. The number of halogens is 2. The molecular weight excluding hydrogens is 461 g/mol. The van der Waals surface area contributed by atoms with Gasteiger partial charge < -0.3 is 15.0 Å². The fourth-order valence-electron chi connectivity index (χ4n) is 4.57. The zero-order chi connectivity index (χ0) is 24.5. The molecule has 2 aromatic carbocycles. The van der Waals surface area contributed by atoms with Crippen LogP contribution in [0.5, 0.6) is 0 Å². The fourth-order valence-corrected chi connectivity index (χ4v) is 4.76. The van der Waals surface area contributed by atoms with E-state index >= 15 is 0 Å². The minimum Gasteiger partial charge on any atom is -0.353 e. The van der Waals surface area contributed by atoms with Crippen LogP contribution in [0, 0.1) is 5.82 Å². The number of carbonyl (C=O) groups excluding carboxylic acids is 3. The van der Waals surface area contributed by atoms with Crippen molar-refractivity contribution >= 4 is 29.3 Å². The molecule has 0 bridgehead atoms. The van der Waals surface area contributed by atoms with Gasteiger partial charge in [-0.05, 0) is 50.2 Å². The Balaban J connectivity index is 1.58. The summed E-state index contributed by atoms with van der Waals surface area (Å²) in [5.74, 6) is -1.50. The van der Waals surface area contributed by atoms with Crippen molar-refractivity contribution < 1.29 is 23.5 Å². The smallest absolute Gasteiger partial charge is 0.256 e. The lowest BCUT2D eigenvalue weighted by molar-refractivity contribution is -0.128. The Morgan fingerprint density at radius 2 is 1.71 bits per heavy atom. The summed E-state index contributed by atoms with van der Waals surface area (Å²) in [5.41, 5.74) is -0.435. The molecule has 0 unspecified atom stereocenters. The zero-order valence-corrected chi connectivity index (χ0v) is 19.8. The summed E-state index contributed by atoms with van der Waals surface area (Å²) >= 11 is 6.03. The minimum absolute atomic E-state index is 0.0296. The van der Waals surface area contributed by atoms with E-state index in [1.807, 2.05) is 13.8 Å². The van der Waals surface area contributed by atoms with Gasteiger partial charge in [0.25, 0.3) is 11.8 Å². The number of benzene rings is 2. The maximum absolute atomic E-state index is 13.9. The van der Waals surface area contributed by atoms with Gasteiger partial charge in [0.2, 0.25) is 5.91 Å². The molecule has 2 fully saturated rings. The third kappa shape index (κ3) is 4.79. The number of amides is 3. The molecule has 2 saturated heterocycles. The normalized spacial score (nSPS) is 19.5. The van der Waals surface area contributed by atoms with Gasteiger partial charge in [-0.3, -0.25) is 19.3 Å². The van der Waals surface area contributed by atoms with Crippen LogP contribution in [-0.2, 0) is 9.53 Å². The molecule has 3 amide bonds. The van der Waals surface area contributed by atoms with E-state index in [1.54, 1.807) is 29.2 Å². The molecule has 7 nitrogen and oxygen atoms in total. The average molecular weight is 488 g/mol. The van der Waals surface area contributed by atoms with Crippen LogP contribution >= 0.6 is 11.6 Å². The number of likely N-dealkylation sites (tertiary alicyclic amines) is 1. The molecule has 2 heterocycles. The van der Waals surface area contributed by atoms with Crippen LogP contribution in [0.15, 0.2) is 48.5 Å². The summed E-state index contributed by atoms with van der Waals surface area (Å²) in [6.07, 6.45) is 0.650. The second-order valence-electron chi connectivity index (χ2n) is 8.92. The van der Waals surface area contributed by atoms with Gasteiger partial charge in [0.05, 0.1) is 6.61 Å². The molecule has 34 heavy (non-hydrogen) atoms. The number of rotatable bonds is 4. The van der Waals surface area contributed by atoms with Crippen LogP contribution in [0.25, 0.3) is 0 Å². The Kier molecular flexibility index (Phi) is 6.91. The number of hydrogen-bond acceptors (Lipinski definition) is 4. The number of hydrogen-bond donors (Lipinski definition) is 1. The van der Waals surface area contributed by atoms with Gasteiger partial charge in [-0.2, -0.15) is 0 Å². The summed E-state index contributed by atoms with van der Waals surface area (Å²) in [4.78, 5) is 42.6. The lowest BCUT2D eigenvalue weighted by atomic mass is 9.96. The molecule has 0 radical (unpaired) electrons. The third-order valence-corrected chi connectivity index (χ3v) is 6.42. The lowest BCUT2D eigenvalue weighted by Gasteiger charge is -2.44. The van der Waals surface area contributed by atoms with E-state index in [0.717, 1.165) is 6.07 Å². The van der Waals surface area contributed by atoms with Crippen molar-refractivity contribution in [1.29, 1.82) is 0 Å². The topological polar surface area (TPSA) is 79.0 Å². The van der Waals surface area contributed by atoms with Gasteiger partial charge >= 0.3 is 0 Å². The van der Waals surface area contributed by atoms with Crippen LogP contribution in [-0.4, -0.2) is 65.0 Å². The van der Waals surface area contributed by atoms with Crippen molar-refractivity contribution in [1.82, 2.24) is 15.1 Å². The molecular formula is C25H27ClFN3O4. The highest BCUT2D eigenvalue weighted by atomic mass is 35.5. The molecule has 1 spiro atoms. The van der Waals surface area contributed by atoms with Crippen molar-refractivity contribution in [2.45, 2.75) is 44.5 Å². The summed E-state index contributed by atoms with van der Waals surface area (Å²) in [6, 6.07) is 11.2. The van der Waals surface area contributed by atoms with Crippen molar-refractivity contribution in [3.8, 4) is 0 Å². The van der Waals surface area contributed by atoms with Crippen LogP contribution < -0.4 is 5.32 Å². The van der Waals surface area contributed by atoms with Gasteiger partial charge in [0.15, 0.2) is 0 Å². The van der Waals surface area contributed by atoms with E-state index < -0.39 is 23.5 Å². The molecule has 4 rings (SSSR count). The summed E-state index contributed by atoms with van der Waals surface area (Å²) in [7, 11) is 0. The van der Waals surface area contributed by atoms with Crippen LogP contribution in [0.3, 0.4) is 0 Å². The van der Waals surface area contributed by atoms with Gasteiger partial charge in [-0.15, -0.1) is 0 Å². The Morgan fingerprint density at radius 1 is 1.06 bits per heavy atom. The number of carbonyl (C=O) groups is 3. The number of ether oxygens (including phenoxy) is 1. The average Bonchev–Trinajstić information content (AvgIpc) is 3.17. The Labute approximate surface area is 202 Å². The van der Waals surface area contributed by atoms with Crippen molar-refractivity contribution in [2.75, 3.05) is 19.7 Å². The van der Waals surface area contributed by atoms with Crippen LogP contribution in [0.2, 0.25) is 5.02 Å². The predicted molar refractivity (Wildman–Crippen MR) is 125 cm³/mol. The highest BCUT2D eigenvalue weighted by Gasteiger charge is 2.54. The van der Waals surface area contributed by atoms with E-state index in [1.165, 1.54) is 23.1 Å². The van der Waals surface area contributed by atoms with E-state index in [2.05, 4.69) is 5.32 Å². The highest BCUT2D eigenvalue weighted by molar-refractivity contribution is 6.30. The van der Waals surface area contributed by atoms with Crippen LogP contribution in [0.4, 0.5) is 4.39 Å². The Bertz CT molecular complexity index is 1100. The summed E-state index contributed by atoms with van der Waals surface area (Å²) < 4.78 is 20.0. The Hall–Kier alpha value is -2.97.